The van der Waals surface area contributed by atoms with Crippen LogP contribution in [0.25, 0.3) is 0 Å². The molecule has 5 nitrogen and oxygen atoms in total. The number of hydrogen-bond donors (Lipinski definition) is 2. The number of amides is 1. The van der Waals surface area contributed by atoms with E-state index in [1.165, 1.54) is 5.97 Å². The molecule has 2 rings (SSSR count). The molecule has 2 radical (unpaired) electrons. The zero-order valence-corrected chi connectivity index (χ0v) is 13.8. The maximum absolute atomic E-state index is 11.9. The highest BCUT2D eigenvalue weighted by Crippen LogP contribution is 2.25. The van der Waals surface area contributed by atoms with Gasteiger partial charge in [0.05, 0.1) is 10.0 Å². The molecule has 1 aromatic heterocycles. The summed E-state index contributed by atoms with van der Waals surface area (Å²) in [4.78, 5) is 15.7. The van der Waals surface area contributed by atoms with E-state index in [1.807, 2.05) is 13.0 Å². The number of rotatable bonds is 4. The molecule has 1 unspecified atom stereocenters. The van der Waals surface area contributed by atoms with E-state index in [1.54, 1.807) is 36.7 Å². The number of aromatic nitrogens is 1. The van der Waals surface area contributed by atoms with E-state index in [0.29, 0.717) is 15.6 Å². The Morgan fingerprint density at radius 3 is 2.43 bits per heavy atom. The molecule has 1 atom stereocenters. The molecule has 0 saturated heterocycles. The van der Waals surface area contributed by atoms with E-state index < -0.39 is 0 Å². The first-order valence-corrected chi connectivity index (χ1v) is 7.25. The molecule has 0 aliphatic heterocycles. The molecule has 0 aliphatic rings. The molecule has 2 aromatic rings. The standard InChI is InChI=1S/C14H13Cl2N3O.CBN/c1-9(11-2-3-12(15)13(16)8-11)18-19-14(20)10-4-6-17-7-5-10;2-1-3/h2-9,18H,1H3,(H,19,20);. The lowest BCUT2D eigenvalue weighted by molar-refractivity contribution is 0.0926. The summed E-state index contributed by atoms with van der Waals surface area (Å²) < 4.78 is 0. The smallest absolute Gasteiger partial charge is 0.265 e. The molecule has 0 saturated carbocycles. The molecular weight excluding hydrogens is 334 g/mol. The lowest BCUT2D eigenvalue weighted by Crippen LogP contribution is -2.39. The van der Waals surface area contributed by atoms with Gasteiger partial charge < -0.3 is 0 Å². The molecule has 2 N–H and O–H groups in total. The minimum atomic E-state index is -0.223. The van der Waals surface area contributed by atoms with E-state index in [4.69, 9.17) is 28.5 Å². The van der Waals surface area contributed by atoms with Gasteiger partial charge in [-0.05, 0) is 42.7 Å². The van der Waals surface area contributed by atoms with Crippen LogP contribution in [0.5, 0.6) is 0 Å². The monoisotopic (exact) mass is 346 g/mol. The summed E-state index contributed by atoms with van der Waals surface area (Å²) in [5.74, 6) is 1.03. The number of nitrogens with zero attached hydrogens (tertiary/aromatic N) is 2. The first-order valence-electron chi connectivity index (χ1n) is 6.50. The van der Waals surface area contributed by atoms with Crippen molar-refractivity contribution in [1.29, 1.82) is 5.26 Å². The van der Waals surface area contributed by atoms with Crippen molar-refractivity contribution in [1.82, 2.24) is 15.8 Å². The predicted molar refractivity (Wildman–Crippen MR) is 91.1 cm³/mol. The van der Waals surface area contributed by atoms with Gasteiger partial charge in [0.15, 0.2) is 0 Å². The van der Waals surface area contributed by atoms with Crippen LogP contribution in [-0.2, 0) is 0 Å². The van der Waals surface area contributed by atoms with Crippen LogP contribution >= 0.6 is 23.2 Å². The number of carbonyl (C=O) groups excluding carboxylic acids is 1. The summed E-state index contributed by atoms with van der Waals surface area (Å²) >= 11 is 11.8. The third kappa shape index (κ3) is 6.29. The van der Waals surface area contributed by atoms with E-state index >= 15 is 0 Å². The van der Waals surface area contributed by atoms with Gasteiger partial charge in [0.1, 0.15) is 0 Å². The predicted octanol–water partition coefficient (Wildman–Crippen LogP) is 3.02. The zero-order valence-electron chi connectivity index (χ0n) is 12.3. The van der Waals surface area contributed by atoms with Crippen molar-refractivity contribution >= 4 is 37.0 Å². The van der Waals surface area contributed by atoms with Gasteiger partial charge in [-0.2, -0.15) is 0 Å². The largest absolute Gasteiger partial charge is 0.287 e. The summed E-state index contributed by atoms with van der Waals surface area (Å²) in [6.07, 6.45) is 3.13. The third-order valence-electron chi connectivity index (χ3n) is 2.79. The maximum Gasteiger partial charge on any atom is 0.265 e. The Morgan fingerprint density at radius 2 is 1.87 bits per heavy atom. The number of halogens is 2. The fourth-order valence-electron chi connectivity index (χ4n) is 1.61. The molecule has 0 fully saturated rings. The summed E-state index contributed by atoms with van der Waals surface area (Å²) in [6, 6.07) is 8.52. The maximum atomic E-state index is 11.9. The highest BCUT2D eigenvalue weighted by molar-refractivity contribution is 6.42. The highest BCUT2D eigenvalue weighted by Gasteiger charge is 2.09. The lowest BCUT2D eigenvalue weighted by Gasteiger charge is -2.15. The first-order chi connectivity index (χ1) is 11.0. The van der Waals surface area contributed by atoms with Gasteiger partial charge in [-0.3, -0.25) is 15.2 Å². The Bertz CT molecular complexity index is 692. The van der Waals surface area contributed by atoms with Crippen molar-refractivity contribution < 1.29 is 4.79 Å². The number of carbonyl (C=O) groups is 1. The minimum absolute atomic E-state index is 0.101. The lowest BCUT2D eigenvalue weighted by atomic mass is 10.1. The summed E-state index contributed by atoms with van der Waals surface area (Å²) in [7, 11) is 4.15. The molecule has 1 amide bonds. The van der Waals surface area contributed by atoms with Gasteiger partial charge in [0.2, 0.25) is 7.85 Å². The molecule has 23 heavy (non-hydrogen) atoms. The fraction of sp³-hybridized carbons (Fsp3) is 0.133. The Balaban J connectivity index is 0.000000816. The van der Waals surface area contributed by atoms with Crippen LogP contribution in [0.4, 0.5) is 0 Å². The number of benzene rings is 1. The molecule has 1 heterocycles. The first kappa shape index (κ1) is 19.0. The second kappa shape index (κ2) is 9.85. The van der Waals surface area contributed by atoms with Crippen LogP contribution in [0, 0.1) is 11.2 Å². The Morgan fingerprint density at radius 1 is 1.26 bits per heavy atom. The van der Waals surface area contributed by atoms with Crippen LogP contribution < -0.4 is 10.9 Å². The average Bonchev–Trinajstić information content (AvgIpc) is 2.56. The van der Waals surface area contributed by atoms with Gasteiger partial charge in [0.25, 0.3) is 5.91 Å². The van der Waals surface area contributed by atoms with Crippen LogP contribution in [-0.4, -0.2) is 18.7 Å². The van der Waals surface area contributed by atoms with Crippen molar-refractivity contribution in [3.05, 3.63) is 63.9 Å². The number of hydrazine groups is 1. The number of pyridine rings is 1. The van der Waals surface area contributed by atoms with Gasteiger partial charge in [-0.1, -0.05) is 29.3 Å². The number of hydrogen-bond acceptors (Lipinski definition) is 4. The van der Waals surface area contributed by atoms with E-state index in [2.05, 4.69) is 23.7 Å². The summed E-state index contributed by atoms with van der Waals surface area (Å²) in [6.45, 7) is 1.91. The van der Waals surface area contributed by atoms with Gasteiger partial charge >= 0.3 is 0 Å². The van der Waals surface area contributed by atoms with Gasteiger partial charge in [0, 0.05) is 24.0 Å². The van der Waals surface area contributed by atoms with Crippen LogP contribution in [0.2, 0.25) is 10.0 Å². The van der Waals surface area contributed by atoms with Crippen LogP contribution in [0.1, 0.15) is 28.9 Å². The number of nitrogens with one attached hydrogen (secondary N) is 2. The molecule has 1 aromatic carbocycles. The molecule has 8 heteroatoms. The van der Waals surface area contributed by atoms with E-state index in [0.717, 1.165) is 5.56 Å². The minimum Gasteiger partial charge on any atom is -0.287 e. The van der Waals surface area contributed by atoms with Gasteiger partial charge in [-0.25, -0.2) is 10.7 Å². The number of nitriles is 1. The highest BCUT2D eigenvalue weighted by atomic mass is 35.5. The van der Waals surface area contributed by atoms with Gasteiger partial charge in [-0.15, -0.1) is 0 Å². The third-order valence-corrected chi connectivity index (χ3v) is 3.53. The van der Waals surface area contributed by atoms with Crippen molar-refractivity contribution in [2.45, 2.75) is 13.0 Å². The zero-order chi connectivity index (χ0) is 17.2. The average molecular weight is 347 g/mol. The Kier molecular flexibility index (Phi) is 8.13. The fourth-order valence-corrected chi connectivity index (χ4v) is 1.92. The normalized spacial score (nSPS) is 10.7. The van der Waals surface area contributed by atoms with Crippen molar-refractivity contribution in [2.75, 3.05) is 0 Å². The second-order valence-corrected chi connectivity index (χ2v) is 5.17. The summed E-state index contributed by atoms with van der Waals surface area (Å²) in [5, 5.41) is 8.08. The Labute approximate surface area is 146 Å². The molecule has 0 bridgehead atoms. The second-order valence-electron chi connectivity index (χ2n) is 4.36. The summed E-state index contributed by atoms with van der Waals surface area (Å²) in [5.41, 5.74) is 7.02. The molecular formula is C15H13BCl2N4O. The molecule has 0 spiro atoms. The van der Waals surface area contributed by atoms with Crippen molar-refractivity contribution in [3.63, 3.8) is 0 Å². The van der Waals surface area contributed by atoms with Crippen molar-refractivity contribution in [3.8, 4) is 5.97 Å². The Hall–Kier alpha value is -2.07. The van der Waals surface area contributed by atoms with Crippen molar-refractivity contribution in [2.24, 2.45) is 0 Å². The van der Waals surface area contributed by atoms with E-state index in [-0.39, 0.29) is 11.9 Å². The van der Waals surface area contributed by atoms with Crippen LogP contribution in [0.3, 0.4) is 0 Å². The molecule has 116 valence electrons. The van der Waals surface area contributed by atoms with Crippen LogP contribution in [0.15, 0.2) is 42.7 Å². The SMILES string of the molecule is CC(NNC(=O)c1ccncc1)c1ccc(Cl)c(Cl)c1.[B]C#N. The quantitative estimate of drug-likeness (QED) is 0.658. The van der Waals surface area contributed by atoms with E-state index in [9.17, 15) is 4.79 Å². The topological polar surface area (TPSA) is 77.8 Å². The molecule has 0 aliphatic carbocycles.